The van der Waals surface area contributed by atoms with Gasteiger partial charge in [-0.1, -0.05) is 12.8 Å². The molecular weight excluding hydrogens is 366 g/mol. The molecule has 3 rings (SSSR count). The van der Waals surface area contributed by atoms with Gasteiger partial charge in [-0.15, -0.1) is 12.4 Å². The van der Waals surface area contributed by atoms with Crippen molar-refractivity contribution in [3.8, 4) is 0 Å². The summed E-state index contributed by atoms with van der Waals surface area (Å²) in [5.74, 6) is -0.0482. The van der Waals surface area contributed by atoms with E-state index < -0.39 is 5.41 Å². The molecule has 1 aliphatic heterocycles. The SMILES string of the molecule is COCC1(C(=O)Nc2ccc(C(=O)NC3CCCC3)cc2)CCNCC1.Cl. The summed E-state index contributed by atoms with van der Waals surface area (Å²) in [5, 5.41) is 9.36. The molecule has 0 spiro atoms. The second-order valence-electron chi connectivity index (χ2n) is 7.45. The zero-order valence-electron chi connectivity index (χ0n) is 15.9. The van der Waals surface area contributed by atoms with Crippen molar-refractivity contribution in [1.29, 1.82) is 0 Å². The molecule has 1 saturated carbocycles. The molecular formula is C20H30ClN3O3. The van der Waals surface area contributed by atoms with Crippen LogP contribution in [-0.2, 0) is 9.53 Å². The molecule has 0 bridgehead atoms. The van der Waals surface area contributed by atoms with Crippen LogP contribution in [0.15, 0.2) is 24.3 Å². The Morgan fingerprint density at radius 1 is 1.15 bits per heavy atom. The topological polar surface area (TPSA) is 79.5 Å². The highest BCUT2D eigenvalue weighted by atomic mass is 35.5. The van der Waals surface area contributed by atoms with Gasteiger partial charge in [0.25, 0.3) is 5.91 Å². The number of anilines is 1. The number of hydrogen-bond acceptors (Lipinski definition) is 4. The van der Waals surface area contributed by atoms with Crippen molar-refractivity contribution < 1.29 is 14.3 Å². The van der Waals surface area contributed by atoms with Gasteiger partial charge in [0.1, 0.15) is 0 Å². The van der Waals surface area contributed by atoms with E-state index in [2.05, 4.69) is 16.0 Å². The highest BCUT2D eigenvalue weighted by molar-refractivity contribution is 5.97. The fraction of sp³-hybridized carbons (Fsp3) is 0.600. The van der Waals surface area contributed by atoms with E-state index in [-0.39, 0.29) is 24.2 Å². The first-order chi connectivity index (χ1) is 12.6. The van der Waals surface area contributed by atoms with Crippen LogP contribution in [0.1, 0.15) is 48.9 Å². The lowest BCUT2D eigenvalue weighted by Crippen LogP contribution is -2.47. The molecule has 0 unspecified atom stereocenters. The minimum absolute atomic E-state index is 0. The summed E-state index contributed by atoms with van der Waals surface area (Å²) in [6.45, 7) is 2.05. The van der Waals surface area contributed by atoms with Gasteiger partial charge in [0.15, 0.2) is 0 Å². The van der Waals surface area contributed by atoms with Crippen LogP contribution in [0.2, 0.25) is 0 Å². The third-order valence-corrected chi connectivity index (χ3v) is 5.56. The van der Waals surface area contributed by atoms with Crippen molar-refractivity contribution in [2.24, 2.45) is 5.41 Å². The summed E-state index contributed by atoms with van der Waals surface area (Å²) >= 11 is 0. The summed E-state index contributed by atoms with van der Waals surface area (Å²) in [7, 11) is 1.63. The smallest absolute Gasteiger partial charge is 0.251 e. The van der Waals surface area contributed by atoms with Crippen LogP contribution in [-0.4, -0.2) is 44.7 Å². The number of rotatable bonds is 6. The molecule has 0 aromatic heterocycles. The van der Waals surface area contributed by atoms with Gasteiger partial charge in [-0.2, -0.15) is 0 Å². The van der Waals surface area contributed by atoms with Crippen molar-refractivity contribution in [3.05, 3.63) is 29.8 Å². The Balaban J connectivity index is 0.00000261. The summed E-state index contributed by atoms with van der Waals surface area (Å²) in [5.41, 5.74) is 0.850. The van der Waals surface area contributed by atoms with E-state index in [1.165, 1.54) is 12.8 Å². The van der Waals surface area contributed by atoms with Crippen LogP contribution in [0.5, 0.6) is 0 Å². The molecule has 0 radical (unpaired) electrons. The lowest BCUT2D eigenvalue weighted by molar-refractivity contribution is -0.130. The van der Waals surface area contributed by atoms with Crippen molar-refractivity contribution in [3.63, 3.8) is 0 Å². The van der Waals surface area contributed by atoms with Crippen LogP contribution < -0.4 is 16.0 Å². The van der Waals surface area contributed by atoms with Crippen LogP contribution in [0.3, 0.4) is 0 Å². The van der Waals surface area contributed by atoms with E-state index in [0.29, 0.717) is 23.9 Å². The first-order valence-electron chi connectivity index (χ1n) is 9.55. The van der Waals surface area contributed by atoms with E-state index in [9.17, 15) is 9.59 Å². The Bertz CT molecular complexity index is 618. The number of carbonyl (C=O) groups excluding carboxylic acids is 2. The lowest BCUT2D eigenvalue weighted by atomic mass is 9.78. The van der Waals surface area contributed by atoms with Gasteiger partial charge in [-0.25, -0.2) is 0 Å². The van der Waals surface area contributed by atoms with Crippen LogP contribution >= 0.6 is 12.4 Å². The molecule has 6 nitrogen and oxygen atoms in total. The Morgan fingerprint density at radius 2 is 1.78 bits per heavy atom. The number of ether oxygens (including phenoxy) is 1. The van der Waals surface area contributed by atoms with Crippen LogP contribution in [0, 0.1) is 5.41 Å². The van der Waals surface area contributed by atoms with E-state index >= 15 is 0 Å². The summed E-state index contributed by atoms with van der Waals surface area (Å²) < 4.78 is 5.32. The Morgan fingerprint density at radius 3 is 2.37 bits per heavy atom. The maximum absolute atomic E-state index is 12.8. The van der Waals surface area contributed by atoms with Crippen molar-refractivity contribution in [2.45, 2.75) is 44.6 Å². The van der Waals surface area contributed by atoms with Gasteiger partial charge in [-0.05, 0) is 63.0 Å². The summed E-state index contributed by atoms with van der Waals surface area (Å²) in [4.78, 5) is 25.1. The molecule has 1 saturated heterocycles. The molecule has 2 aliphatic rings. The predicted molar refractivity (Wildman–Crippen MR) is 108 cm³/mol. The normalized spacial score (nSPS) is 19.1. The quantitative estimate of drug-likeness (QED) is 0.692. The molecule has 2 fully saturated rings. The first kappa shape index (κ1) is 21.7. The van der Waals surface area contributed by atoms with Crippen LogP contribution in [0.4, 0.5) is 5.69 Å². The first-order valence-corrected chi connectivity index (χ1v) is 9.55. The monoisotopic (exact) mass is 395 g/mol. The summed E-state index contributed by atoms with van der Waals surface area (Å²) in [6.07, 6.45) is 6.03. The van der Waals surface area contributed by atoms with E-state index in [1.807, 2.05) is 0 Å². The van der Waals surface area contributed by atoms with Crippen LogP contribution in [0.25, 0.3) is 0 Å². The number of piperidine rings is 1. The minimum atomic E-state index is -0.488. The zero-order valence-corrected chi connectivity index (χ0v) is 16.7. The number of hydrogen-bond donors (Lipinski definition) is 3. The second kappa shape index (κ2) is 10.1. The predicted octanol–water partition coefficient (Wildman–Crippen LogP) is 2.74. The number of methoxy groups -OCH3 is 1. The van der Waals surface area contributed by atoms with Gasteiger partial charge in [0.05, 0.1) is 12.0 Å². The Hall–Kier alpha value is -1.63. The largest absolute Gasteiger partial charge is 0.384 e. The van der Waals surface area contributed by atoms with Gasteiger partial charge >= 0.3 is 0 Å². The fourth-order valence-electron chi connectivity index (χ4n) is 3.93. The van der Waals surface area contributed by atoms with Gasteiger partial charge in [0.2, 0.25) is 5.91 Å². The van der Waals surface area contributed by atoms with E-state index in [0.717, 1.165) is 38.8 Å². The maximum atomic E-state index is 12.8. The molecule has 27 heavy (non-hydrogen) atoms. The van der Waals surface area contributed by atoms with E-state index in [4.69, 9.17) is 4.74 Å². The average Bonchev–Trinajstić information content (AvgIpc) is 3.16. The molecule has 150 valence electrons. The number of nitrogens with one attached hydrogen (secondary N) is 3. The number of benzene rings is 1. The Kier molecular flexibility index (Phi) is 8.07. The Labute approximate surface area is 167 Å². The standard InChI is InChI=1S/C20H29N3O3.ClH/c1-26-14-20(10-12-21-13-11-20)19(25)23-17-8-6-15(7-9-17)18(24)22-16-4-2-3-5-16;/h6-9,16,21H,2-5,10-14H2,1H3,(H,22,24)(H,23,25);1H. The van der Waals surface area contributed by atoms with Crippen molar-refractivity contribution in [2.75, 3.05) is 32.1 Å². The molecule has 0 atom stereocenters. The molecule has 3 N–H and O–H groups in total. The fourth-order valence-corrected chi connectivity index (χ4v) is 3.93. The van der Waals surface area contributed by atoms with Gasteiger partial charge in [-0.3, -0.25) is 9.59 Å². The maximum Gasteiger partial charge on any atom is 0.251 e. The molecule has 1 aliphatic carbocycles. The number of halogens is 1. The third kappa shape index (κ3) is 5.43. The molecule has 2 amide bonds. The molecule has 1 heterocycles. The zero-order chi connectivity index (χ0) is 18.4. The number of amides is 2. The average molecular weight is 396 g/mol. The molecule has 1 aromatic carbocycles. The van der Waals surface area contributed by atoms with Gasteiger partial charge in [0, 0.05) is 24.4 Å². The van der Waals surface area contributed by atoms with Gasteiger partial charge < -0.3 is 20.7 Å². The second-order valence-corrected chi connectivity index (χ2v) is 7.45. The third-order valence-electron chi connectivity index (χ3n) is 5.56. The molecule has 1 aromatic rings. The molecule has 7 heteroatoms. The lowest BCUT2D eigenvalue weighted by Gasteiger charge is -2.35. The number of carbonyl (C=O) groups is 2. The van der Waals surface area contributed by atoms with Crippen molar-refractivity contribution >= 4 is 29.9 Å². The summed E-state index contributed by atoms with van der Waals surface area (Å²) in [6, 6.07) is 7.43. The minimum Gasteiger partial charge on any atom is -0.384 e. The van der Waals surface area contributed by atoms with Crippen molar-refractivity contribution in [1.82, 2.24) is 10.6 Å². The van der Waals surface area contributed by atoms with E-state index in [1.54, 1.807) is 31.4 Å². The highest BCUT2D eigenvalue weighted by Crippen LogP contribution is 2.31. The highest BCUT2D eigenvalue weighted by Gasteiger charge is 2.39.